The van der Waals surface area contributed by atoms with E-state index in [1.807, 2.05) is 0 Å². The number of aromatic nitrogens is 3. The van der Waals surface area contributed by atoms with Gasteiger partial charge in [-0.2, -0.15) is 0 Å². The Morgan fingerprint density at radius 3 is 2.87 bits per heavy atom. The molecule has 23 heavy (non-hydrogen) atoms. The molecule has 3 aromatic rings. The molecule has 0 unspecified atom stereocenters. The highest BCUT2D eigenvalue weighted by Crippen LogP contribution is 2.37. The maximum Gasteiger partial charge on any atom is 0.171 e. The highest BCUT2D eigenvalue weighted by Gasteiger charge is 2.22. The standard InChI is InChI=1S/C16H18FN5O/c1-22-4-2-10(3-5-22)23-14-13-11-6-9(17)7-20-16(11)21-12(13)8-19-15(14)18/h6-8,10H,2-5H2,1H3,(H2,18,19)(H,20,21). The number of nitrogens with one attached hydrogen (secondary N) is 1. The van der Waals surface area contributed by atoms with Crippen molar-refractivity contribution >= 4 is 27.8 Å². The van der Waals surface area contributed by atoms with E-state index in [0.717, 1.165) is 36.8 Å². The number of anilines is 1. The number of piperidine rings is 1. The Balaban J connectivity index is 1.82. The summed E-state index contributed by atoms with van der Waals surface area (Å²) in [5.41, 5.74) is 7.39. The second-order valence-corrected chi connectivity index (χ2v) is 6.06. The van der Waals surface area contributed by atoms with Gasteiger partial charge in [-0.05, 0) is 26.0 Å². The van der Waals surface area contributed by atoms with E-state index in [9.17, 15) is 4.39 Å². The van der Waals surface area contributed by atoms with Crippen LogP contribution >= 0.6 is 0 Å². The molecule has 3 N–H and O–H groups in total. The third-order valence-electron chi connectivity index (χ3n) is 4.39. The van der Waals surface area contributed by atoms with E-state index in [1.165, 1.54) is 12.3 Å². The second-order valence-electron chi connectivity index (χ2n) is 6.06. The zero-order valence-electron chi connectivity index (χ0n) is 12.8. The smallest absolute Gasteiger partial charge is 0.171 e. The molecule has 4 heterocycles. The molecule has 1 fully saturated rings. The van der Waals surface area contributed by atoms with Crippen LogP contribution in [0.4, 0.5) is 10.2 Å². The van der Waals surface area contributed by atoms with Gasteiger partial charge in [-0.15, -0.1) is 0 Å². The lowest BCUT2D eigenvalue weighted by molar-refractivity contribution is 0.116. The van der Waals surface area contributed by atoms with Crippen LogP contribution in [-0.4, -0.2) is 46.1 Å². The third kappa shape index (κ3) is 2.46. The molecule has 0 amide bonds. The lowest BCUT2D eigenvalue weighted by Crippen LogP contribution is -2.35. The molecule has 1 aliphatic heterocycles. The zero-order chi connectivity index (χ0) is 16.0. The molecule has 1 saturated heterocycles. The number of hydrogen-bond acceptors (Lipinski definition) is 5. The van der Waals surface area contributed by atoms with Gasteiger partial charge in [-0.1, -0.05) is 0 Å². The van der Waals surface area contributed by atoms with E-state index in [-0.39, 0.29) is 11.9 Å². The van der Waals surface area contributed by atoms with Crippen LogP contribution in [0.2, 0.25) is 0 Å². The summed E-state index contributed by atoms with van der Waals surface area (Å²) < 4.78 is 19.8. The highest BCUT2D eigenvalue weighted by molar-refractivity contribution is 6.10. The van der Waals surface area contributed by atoms with Crippen LogP contribution in [0, 0.1) is 5.82 Å². The summed E-state index contributed by atoms with van der Waals surface area (Å²) in [6.07, 6.45) is 4.77. The first-order valence-corrected chi connectivity index (χ1v) is 7.68. The molecule has 0 atom stereocenters. The summed E-state index contributed by atoms with van der Waals surface area (Å²) in [6.45, 7) is 1.97. The molecule has 4 rings (SSSR count). The molecule has 120 valence electrons. The van der Waals surface area contributed by atoms with Crippen molar-refractivity contribution in [2.24, 2.45) is 0 Å². The van der Waals surface area contributed by atoms with Gasteiger partial charge < -0.3 is 20.4 Å². The summed E-state index contributed by atoms with van der Waals surface area (Å²) in [5.74, 6) is 0.455. The molecule has 7 heteroatoms. The Hall–Kier alpha value is -2.41. The number of H-pyrrole nitrogens is 1. The Labute approximate surface area is 132 Å². The number of ether oxygens (including phenoxy) is 1. The minimum atomic E-state index is -0.390. The van der Waals surface area contributed by atoms with Crippen molar-refractivity contribution in [3.63, 3.8) is 0 Å². The molecule has 6 nitrogen and oxygen atoms in total. The van der Waals surface area contributed by atoms with E-state index in [4.69, 9.17) is 10.5 Å². The molecule has 0 spiro atoms. The van der Waals surface area contributed by atoms with Gasteiger partial charge in [0.25, 0.3) is 0 Å². The largest absolute Gasteiger partial charge is 0.486 e. The molecule has 0 aromatic carbocycles. The Morgan fingerprint density at radius 2 is 2.09 bits per heavy atom. The van der Waals surface area contributed by atoms with Crippen LogP contribution in [0.25, 0.3) is 21.9 Å². The minimum absolute atomic E-state index is 0.0902. The van der Waals surface area contributed by atoms with E-state index in [2.05, 4.69) is 26.9 Å². The summed E-state index contributed by atoms with van der Waals surface area (Å²) in [4.78, 5) is 13.7. The van der Waals surface area contributed by atoms with Gasteiger partial charge in [0, 0.05) is 18.5 Å². The Morgan fingerprint density at radius 1 is 1.30 bits per heavy atom. The fourth-order valence-electron chi connectivity index (χ4n) is 3.12. The molecule has 0 saturated carbocycles. The number of hydrogen-bond donors (Lipinski definition) is 2. The SMILES string of the molecule is CN1CCC(Oc2c(N)ncc3[nH]c4ncc(F)cc4c23)CC1. The fraction of sp³-hybridized carbons (Fsp3) is 0.375. The Kier molecular flexibility index (Phi) is 3.30. The van der Waals surface area contributed by atoms with Crippen molar-refractivity contribution in [3.8, 4) is 5.75 Å². The van der Waals surface area contributed by atoms with Crippen LogP contribution in [-0.2, 0) is 0 Å². The van der Waals surface area contributed by atoms with Crippen molar-refractivity contribution in [1.29, 1.82) is 0 Å². The van der Waals surface area contributed by atoms with E-state index >= 15 is 0 Å². The van der Waals surface area contributed by atoms with Gasteiger partial charge in [0.1, 0.15) is 17.6 Å². The van der Waals surface area contributed by atoms with Gasteiger partial charge in [0.15, 0.2) is 11.6 Å². The maximum absolute atomic E-state index is 13.6. The third-order valence-corrected chi connectivity index (χ3v) is 4.39. The topological polar surface area (TPSA) is 80.1 Å². The Bertz CT molecular complexity index is 870. The van der Waals surface area contributed by atoms with Gasteiger partial charge in [0.2, 0.25) is 0 Å². The number of aromatic amines is 1. The molecule has 3 aromatic heterocycles. The van der Waals surface area contributed by atoms with Crippen LogP contribution in [0.3, 0.4) is 0 Å². The van der Waals surface area contributed by atoms with Crippen molar-refractivity contribution in [2.45, 2.75) is 18.9 Å². The van der Waals surface area contributed by atoms with Gasteiger partial charge in [0.05, 0.1) is 23.3 Å². The lowest BCUT2D eigenvalue weighted by Gasteiger charge is -2.29. The zero-order valence-corrected chi connectivity index (χ0v) is 12.8. The number of fused-ring (bicyclic) bond motifs is 3. The average molecular weight is 315 g/mol. The maximum atomic E-state index is 13.6. The first-order chi connectivity index (χ1) is 11.1. The predicted octanol–water partition coefficient (Wildman–Crippen LogP) is 2.31. The van der Waals surface area contributed by atoms with E-state index in [1.54, 1.807) is 6.20 Å². The second kappa shape index (κ2) is 5.34. The average Bonchev–Trinajstić information content (AvgIpc) is 2.90. The molecule has 1 aliphatic rings. The molecule has 0 bridgehead atoms. The van der Waals surface area contributed by atoms with E-state index < -0.39 is 0 Å². The van der Waals surface area contributed by atoms with Crippen molar-refractivity contribution in [1.82, 2.24) is 19.9 Å². The molecular weight excluding hydrogens is 297 g/mol. The summed E-state index contributed by atoms with van der Waals surface area (Å²) >= 11 is 0. The van der Waals surface area contributed by atoms with Gasteiger partial charge >= 0.3 is 0 Å². The number of likely N-dealkylation sites (tertiary alicyclic amines) is 1. The predicted molar refractivity (Wildman–Crippen MR) is 86.9 cm³/mol. The summed E-state index contributed by atoms with van der Waals surface area (Å²) in [5, 5.41) is 1.41. The lowest BCUT2D eigenvalue weighted by atomic mass is 10.1. The fourth-order valence-corrected chi connectivity index (χ4v) is 3.12. The highest BCUT2D eigenvalue weighted by atomic mass is 19.1. The first kappa shape index (κ1) is 14.2. The van der Waals surface area contributed by atoms with Crippen LogP contribution in [0.15, 0.2) is 18.5 Å². The van der Waals surface area contributed by atoms with Crippen molar-refractivity contribution < 1.29 is 9.13 Å². The number of nitrogen functional groups attached to an aromatic ring is 1. The summed E-state index contributed by atoms with van der Waals surface area (Å²) in [7, 11) is 2.10. The van der Waals surface area contributed by atoms with Crippen molar-refractivity contribution in [2.75, 3.05) is 25.9 Å². The van der Waals surface area contributed by atoms with Gasteiger partial charge in [-0.3, -0.25) is 0 Å². The van der Waals surface area contributed by atoms with Gasteiger partial charge in [-0.25, -0.2) is 14.4 Å². The molecular formula is C16H18FN5O. The number of nitrogens with zero attached hydrogens (tertiary/aromatic N) is 3. The van der Waals surface area contributed by atoms with Crippen LogP contribution < -0.4 is 10.5 Å². The quantitative estimate of drug-likeness (QED) is 0.758. The number of pyridine rings is 2. The first-order valence-electron chi connectivity index (χ1n) is 7.68. The van der Waals surface area contributed by atoms with Crippen molar-refractivity contribution in [3.05, 3.63) is 24.3 Å². The number of nitrogens with two attached hydrogens (primary N) is 1. The normalized spacial score (nSPS) is 17.1. The summed E-state index contributed by atoms with van der Waals surface area (Å²) in [6, 6.07) is 1.45. The molecule has 0 radical (unpaired) electrons. The number of rotatable bonds is 2. The molecule has 0 aliphatic carbocycles. The van der Waals surface area contributed by atoms with E-state index in [0.29, 0.717) is 22.6 Å². The van der Waals surface area contributed by atoms with Crippen LogP contribution in [0.1, 0.15) is 12.8 Å². The monoisotopic (exact) mass is 315 g/mol. The van der Waals surface area contributed by atoms with Crippen LogP contribution in [0.5, 0.6) is 5.75 Å². The minimum Gasteiger partial charge on any atom is -0.486 e. The number of halogens is 1.